The van der Waals surface area contributed by atoms with E-state index in [1.165, 1.54) is 0 Å². The minimum absolute atomic E-state index is 0.530. The summed E-state index contributed by atoms with van der Waals surface area (Å²) >= 11 is 0. The maximum Gasteiger partial charge on any atom is 0.102 e. The molecule has 1 aliphatic carbocycles. The van der Waals surface area contributed by atoms with E-state index >= 15 is 0 Å². The van der Waals surface area contributed by atoms with E-state index in [0.29, 0.717) is 5.71 Å². The Labute approximate surface area is 87.8 Å². The first kappa shape index (κ1) is 9.40. The van der Waals surface area contributed by atoms with Gasteiger partial charge in [0.15, 0.2) is 0 Å². The molecule has 0 fully saturated rings. The average molecular weight is 198 g/mol. The second kappa shape index (κ2) is 4.37. The number of oxime groups is 1. The van der Waals surface area contributed by atoms with Crippen molar-refractivity contribution in [3.63, 3.8) is 0 Å². The molecule has 1 N–H and O–H groups in total. The molecule has 0 heterocycles. The molecule has 15 heavy (non-hydrogen) atoms. The number of hydrogen-bond acceptors (Lipinski definition) is 3. The Morgan fingerprint density at radius 2 is 1.40 bits per heavy atom. The van der Waals surface area contributed by atoms with Crippen LogP contribution < -0.4 is 0 Å². The number of hydrogen-bond donors (Lipinski definition) is 1. The number of rotatable bonds is 1. The number of para-hydroxylation sites is 1. The van der Waals surface area contributed by atoms with Crippen molar-refractivity contribution in [1.29, 1.82) is 0 Å². The molecule has 0 spiro atoms. The molecule has 74 valence electrons. The van der Waals surface area contributed by atoms with E-state index in [1.54, 1.807) is 12.2 Å². The van der Waals surface area contributed by atoms with Crippen molar-refractivity contribution in [2.45, 2.75) is 0 Å². The van der Waals surface area contributed by atoms with Gasteiger partial charge in [0.2, 0.25) is 0 Å². The van der Waals surface area contributed by atoms with E-state index in [2.05, 4.69) is 10.1 Å². The summed E-state index contributed by atoms with van der Waals surface area (Å²) in [7, 11) is 0. The zero-order chi connectivity index (χ0) is 10.5. The fourth-order valence-corrected chi connectivity index (χ4v) is 1.25. The molecule has 0 saturated heterocycles. The lowest BCUT2D eigenvalue weighted by atomic mass is 10.1. The highest BCUT2D eigenvalue weighted by Gasteiger charge is 1.98. The highest BCUT2D eigenvalue weighted by Crippen LogP contribution is 2.11. The Morgan fingerprint density at radius 3 is 2.00 bits per heavy atom. The van der Waals surface area contributed by atoms with Crippen LogP contribution in [-0.2, 0) is 0 Å². The Bertz CT molecular complexity index is 438. The minimum atomic E-state index is 0.530. The maximum atomic E-state index is 8.51. The standard InChI is InChI=1S/C12H10N2O/c15-14-12-8-6-11(7-9-12)13-10-4-2-1-3-5-10/h1-9,15H. The van der Waals surface area contributed by atoms with Crippen molar-refractivity contribution in [1.82, 2.24) is 0 Å². The van der Waals surface area contributed by atoms with E-state index in [9.17, 15) is 0 Å². The molecule has 1 aromatic rings. The second-order valence-electron chi connectivity index (χ2n) is 3.06. The Morgan fingerprint density at radius 1 is 0.800 bits per heavy atom. The third kappa shape index (κ3) is 2.40. The van der Waals surface area contributed by atoms with Gasteiger partial charge < -0.3 is 5.21 Å². The van der Waals surface area contributed by atoms with Gasteiger partial charge in [-0.3, -0.25) is 0 Å². The molecule has 0 radical (unpaired) electrons. The average Bonchev–Trinajstić information content (AvgIpc) is 2.31. The molecule has 3 nitrogen and oxygen atoms in total. The topological polar surface area (TPSA) is 45.0 Å². The van der Waals surface area contributed by atoms with Gasteiger partial charge in [-0.2, -0.15) is 0 Å². The van der Waals surface area contributed by atoms with Gasteiger partial charge in [-0.25, -0.2) is 4.99 Å². The molecule has 0 aromatic heterocycles. The summed E-state index contributed by atoms with van der Waals surface area (Å²) in [6.07, 6.45) is 7.04. The van der Waals surface area contributed by atoms with Crippen molar-refractivity contribution in [2.24, 2.45) is 10.1 Å². The van der Waals surface area contributed by atoms with Crippen LogP contribution in [0.2, 0.25) is 0 Å². The first-order valence-corrected chi connectivity index (χ1v) is 4.60. The van der Waals surface area contributed by atoms with Crippen molar-refractivity contribution in [2.75, 3.05) is 0 Å². The predicted molar refractivity (Wildman–Crippen MR) is 61.0 cm³/mol. The Balaban J connectivity index is 2.22. The monoisotopic (exact) mass is 198 g/mol. The fraction of sp³-hybridized carbons (Fsp3) is 0. The van der Waals surface area contributed by atoms with Gasteiger partial charge in [0, 0.05) is 0 Å². The van der Waals surface area contributed by atoms with Gasteiger partial charge in [0.25, 0.3) is 0 Å². The summed E-state index contributed by atoms with van der Waals surface area (Å²) < 4.78 is 0. The van der Waals surface area contributed by atoms with Crippen LogP contribution in [-0.4, -0.2) is 16.6 Å². The van der Waals surface area contributed by atoms with Crippen LogP contribution in [0.3, 0.4) is 0 Å². The normalized spacial score (nSPS) is 14.1. The molecule has 0 bridgehead atoms. The van der Waals surface area contributed by atoms with Crippen molar-refractivity contribution < 1.29 is 5.21 Å². The van der Waals surface area contributed by atoms with Crippen molar-refractivity contribution in [3.8, 4) is 0 Å². The molecule has 0 atom stereocenters. The van der Waals surface area contributed by atoms with Crippen LogP contribution in [0.25, 0.3) is 0 Å². The molecule has 1 aliphatic rings. The highest BCUT2D eigenvalue weighted by atomic mass is 16.4. The van der Waals surface area contributed by atoms with Gasteiger partial charge in [0.05, 0.1) is 11.4 Å². The summed E-state index contributed by atoms with van der Waals surface area (Å²) in [5, 5.41) is 11.6. The zero-order valence-electron chi connectivity index (χ0n) is 8.04. The molecule has 1 aromatic carbocycles. The molecule has 0 aliphatic heterocycles. The summed E-state index contributed by atoms with van der Waals surface area (Å²) in [4.78, 5) is 4.39. The summed E-state index contributed by atoms with van der Waals surface area (Å²) in [6.45, 7) is 0. The maximum absolute atomic E-state index is 8.51. The van der Waals surface area contributed by atoms with Crippen molar-refractivity contribution >= 4 is 17.1 Å². The summed E-state index contributed by atoms with van der Waals surface area (Å²) in [5.74, 6) is 0. The first-order chi connectivity index (χ1) is 7.38. The van der Waals surface area contributed by atoms with Crippen LogP contribution in [0.5, 0.6) is 0 Å². The molecule has 0 unspecified atom stereocenters. The van der Waals surface area contributed by atoms with Gasteiger partial charge in [-0.15, -0.1) is 0 Å². The van der Waals surface area contributed by atoms with Crippen LogP contribution in [0.4, 0.5) is 5.69 Å². The largest absolute Gasteiger partial charge is 0.410 e. The third-order valence-electron chi connectivity index (χ3n) is 1.98. The summed E-state index contributed by atoms with van der Waals surface area (Å²) in [5.41, 5.74) is 2.28. The van der Waals surface area contributed by atoms with E-state index in [1.807, 2.05) is 42.5 Å². The van der Waals surface area contributed by atoms with Crippen LogP contribution in [0.15, 0.2) is 64.8 Å². The molecule has 3 heteroatoms. The minimum Gasteiger partial charge on any atom is -0.410 e. The molecular weight excluding hydrogens is 188 g/mol. The van der Waals surface area contributed by atoms with Crippen molar-refractivity contribution in [3.05, 3.63) is 54.6 Å². The molecule has 2 rings (SSSR count). The Kier molecular flexibility index (Phi) is 2.74. The quantitative estimate of drug-likeness (QED) is 0.421. The molecule has 0 saturated carbocycles. The third-order valence-corrected chi connectivity index (χ3v) is 1.98. The number of aliphatic imine (C=N–C) groups is 1. The first-order valence-electron chi connectivity index (χ1n) is 4.60. The van der Waals surface area contributed by atoms with Crippen LogP contribution >= 0.6 is 0 Å². The molecular formula is C12H10N2O. The number of benzene rings is 1. The van der Waals surface area contributed by atoms with Crippen LogP contribution in [0.1, 0.15) is 0 Å². The second-order valence-corrected chi connectivity index (χ2v) is 3.06. The van der Waals surface area contributed by atoms with Gasteiger partial charge in [-0.05, 0) is 36.4 Å². The SMILES string of the molecule is ON=C1C=CC(=Nc2ccccc2)C=C1. The van der Waals surface area contributed by atoms with Gasteiger partial charge in [0.1, 0.15) is 5.71 Å². The molecule has 0 amide bonds. The van der Waals surface area contributed by atoms with E-state index in [0.717, 1.165) is 11.4 Å². The van der Waals surface area contributed by atoms with Gasteiger partial charge >= 0.3 is 0 Å². The Hall–Kier alpha value is -2.16. The van der Waals surface area contributed by atoms with Crippen LogP contribution in [0, 0.1) is 0 Å². The summed E-state index contributed by atoms with van der Waals surface area (Å²) in [6, 6.07) is 9.70. The van der Waals surface area contributed by atoms with E-state index in [-0.39, 0.29) is 0 Å². The van der Waals surface area contributed by atoms with Gasteiger partial charge in [-0.1, -0.05) is 23.4 Å². The zero-order valence-corrected chi connectivity index (χ0v) is 8.04. The number of nitrogens with zero attached hydrogens (tertiary/aromatic N) is 2. The lowest BCUT2D eigenvalue weighted by molar-refractivity contribution is 0.320. The van der Waals surface area contributed by atoms with E-state index < -0.39 is 0 Å². The fourth-order valence-electron chi connectivity index (χ4n) is 1.25. The smallest absolute Gasteiger partial charge is 0.102 e. The highest BCUT2D eigenvalue weighted by molar-refractivity contribution is 6.18. The lowest BCUT2D eigenvalue weighted by Gasteiger charge is -2.00. The lowest BCUT2D eigenvalue weighted by Crippen LogP contribution is -1.99. The predicted octanol–water partition coefficient (Wildman–Crippen LogP) is 2.72. The number of allylic oxidation sites excluding steroid dienone is 4. The van der Waals surface area contributed by atoms with E-state index in [4.69, 9.17) is 5.21 Å².